The lowest BCUT2D eigenvalue weighted by Gasteiger charge is -2.18. The summed E-state index contributed by atoms with van der Waals surface area (Å²) in [4.78, 5) is 10.1. The van der Waals surface area contributed by atoms with Gasteiger partial charge in [-0.15, -0.1) is 0 Å². The zero-order valence-corrected chi connectivity index (χ0v) is 8.83. The SMILES string of the molecule is CN(c1cccnc1)c1ncccc1C#N. The molecule has 0 aliphatic heterocycles. The van der Waals surface area contributed by atoms with Crippen LogP contribution in [0.4, 0.5) is 11.5 Å². The van der Waals surface area contributed by atoms with E-state index in [0.29, 0.717) is 11.4 Å². The number of hydrogen-bond donors (Lipinski definition) is 0. The zero-order chi connectivity index (χ0) is 11.4. The molecule has 0 saturated carbocycles. The van der Waals surface area contributed by atoms with Crippen LogP contribution in [0.3, 0.4) is 0 Å². The fraction of sp³-hybridized carbons (Fsp3) is 0.0833. The summed E-state index contributed by atoms with van der Waals surface area (Å²) >= 11 is 0. The molecule has 0 atom stereocenters. The molecule has 0 unspecified atom stereocenters. The van der Waals surface area contributed by atoms with Crippen molar-refractivity contribution in [2.24, 2.45) is 0 Å². The number of anilines is 2. The number of pyridine rings is 2. The standard InChI is InChI=1S/C12H10N4/c1-16(11-5-3-6-14-9-11)12-10(8-13)4-2-7-15-12/h2-7,9H,1H3. The molecule has 0 saturated heterocycles. The first-order valence-corrected chi connectivity index (χ1v) is 4.82. The van der Waals surface area contributed by atoms with E-state index < -0.39 is 0 Å². The summed E-state index contributed by atoms with van der Waals surface area (Å²) < 4.78 is 0. The summed E-state index contributed by atoms with van der Waals surface area (Å²) in [5, 5.41) is 8.98. The van der Waals surface area contributed by atoms with Crippen molar-refractivity contribution in [3.63, 3.8) is 0 Å². The van der Waals surface area contributed by atoms with Crippen LogP contribution in [0, 0.1) is 11.3 Å². The van der Waals surface area contributed by atoms with Gasteiger partial charge in [0.15, 0.2) is 5.82 Å². The lowest BCUT2D eigenvalue weighted by atomic mass is 10.2. The van der Waals surface area contributed by atoms with Crippen molar-refractivity contribution in [2.45, 2.75) is 0 Å². The van der Waals surface area contributed by atoms with E-state index in [1.165, 1.54) is 0 Å². The van der Waals surface area contributed by atoms with E-state index in [9.17, 15) is 0 Å². The van der Waals surface area contributed by atoms with Gasteiger partial charge in [-0.1, -0.05) is 0 Å². The largest absolute Gasteiger partial charge is 0.327 e. The molecule has 16 heavy (non-hydrogen) atoms. The van der Waals surface area contributed by atoms with E-state index in [0.717, 1.165) is 5.69 Å². The van der Waals surface area contributed by atoms with Gasteiger partial charge in [0.05, 0.1) is 17.4 Å². The molecule has 0 aliphatic rings. The molecule has 2 aromatic heterocycles. The van der Waals surface area contributed by atoms with Gasteiger partial charge in [0.25, 0.3) is 0 Å². The summed E-state index contributed by atoms with van der Waals surface area (Å²) in [5.74, 6) is 0.637. The van der Waals surface area contributed by atoms with Gasteiger partial charge in [0.1, 0.15) is 6.07 Å². The van der Waals surface area contributed by atoms with Gasteiger partial charge < -0.3 is 4.90 Å². The molecule has 0 bridgehead atoms. The van der Waals surface area contributed by atoms with Crippen LogP contribution in [0.2, 0.25) is 0 Å². The van der Waals surface area contributed by atoms with Crippen LogP contribution in [0.5, 0.6) is 0 Å². The molecule has 0 fully saturated rings. The van der Waals surface area contributed by atoms with E-state index in [1.807, 2.05) is 24.1 Å². The number of hydrogen-bond acceptors (Lipinski definition) is 4. The van der Waals surface area contributed by atoms with Crippen LogP contribution in [0.1, 0.15) is 5.56 Å². The highest BCUT2D eigenvalue weighted by molar-refractivity contribution is 5.63. The lowest BCUT2D eigenvalue weighted by Crippen LogP contribution is -2.12. The second-order valence-electron chi connectivity index (χ2n) is 3.26. The lowest BCUT2D eigenvalue weighted by molar-refractivity contribution is 1.10. The predicted molar refractivity (Wildman–Crippen MR) is 61.3 cm³/mol. The van der Waals surface area contributed by atoms with Crippen molar-refractivity contribution in [1.29, 1.82) is 5.26 Å². The molecule has 0 radical (unpaired) electrons. The molecule has 2 heterocycles. The first kappa shape index (κ1) is 10.1. The van der Waals surface area contributed by atoms with Crippen molar-refractivity contribution in [1.82, 2.24) is 9.97 Å². The first-order valence-electron chi connectivity index (χ1n) is 4.82. The van der Waals surface area contributed by atoms with Gasteiger partial charge >= 0.3 is 0 Å². The minimum absolute atomic E-state index is 0.550. The molecular weight excluding hydrogens is 200 g/mol. The topological polar surface area (TPSA) is 52.8 Å². The average Bonchev–Trinajstić information content (AvgIpc) is 2.39. The highest BCUT2D eigenvalue weighted by atomic mass is 15.2. The number of aromatic nitrogens is 2. The number of rotatable bonds is 2. The Morgan fingerprint density at radius 2 is 2.06 bits per heavy atom. The summed E-state index contributed by atoms with van der Waals surface area (Å²) in [6.45, 7) is 0. The van der Waals surface area contributed by atoms with Gasteiger partial charge in [-0.05, 0) is 24.3 Å². The van der Waals surface area contributed by atoms with E-state index in [4.69, 9.17) is 5.26 Å². The van der Waals surface area contributed by atoms with Crippen LogP contribution in [-0.4, -0.2) is 17.0 Å². The normalized spacial score (nSPS) is 9.50. The van der Waals surface area contributed by atoms with Crippen LogP contribution in [-0.2, 0) is 0 Å². The molecule has 78 valence electrons. The highest BCUT2D eigenvalue weighted by Gasteiger charge is 2.09. The van der Waals surface area contributed by atoms with Gasteiger partial charge in [-0.3, -0.25) is 4.98 Å². The Labute approximate surface area is 93.8 Å². The molecule has 0 N–H and O–H groups in total. The Morgan fingerprint density at radius 1 is 1.25 bits per heavy atom. The van der Waals surface area contributed by atoms with Gasteiger partial charge in [-0.25, -0.2) is 4.98 Å². The van der Waals surface area contributed by atoms with Crippen molar-refractivity contribution < 1.29 is 0 Å². The zero-order valence-electron chi connectivity index (χ0n) is 8.83. The summed E-state index contributed by atoms with van der Waals surface area (Å²) in [6, 6.07) is 9.38. The second-order valence-corrected chi connectivity index (χ2v) is 3.26. The predicted octanol–water partition coefficient (Wildman–Crippen LogP) is 2.12. The van der Waals surface area contributed by atoms with Crippen molar-refractivity contribution >= 4 is 11.5 Å². The third-order valence-electron chi connectivity index (χ3n) is 2.26. The van der Waals surface area contributed by atoms with E-state index in [2.05, 4.69) is 16.0 Å². The van der Waals surface area contributed by atoms with E-state index in [-0.39, 0.29) is 0 Å². The second kappa shape index (κ2) is 4.41. The van der Waals surface area contributed by atoms with E-state index >= 15 is 0 Å². The fourth-order valence-electron chi connectivity index (χ4n) is 1.43. The Morgan fingerprint density at radius 3 is 2.75 bits per heavy atom. The van der Waals surface area contributed by atoms with Gasteiger partial charge in [0, 0.05) is 19.4 Å². The van der Waals surface area contributed by atoms with Crippen LogP contribution in [0.25, 0.3) is 0 Å². The molecule has 4 heteroatoms. The van der Waals surface area contributed by atoms with Crippen molar-refractivity contribution in [3.8, 4) is 6.07 Å². The fourth-order valence-corrected chi connectivity index (χ4v) is 1.43. The van der Waals surface area contributed by atoms with E-state index in [1.54, 1.807) is 30.7 Å². The molecule has 0 aromatic carbocycles. The summed E-state index contributed by atoms with van der Waals surface area (Å²) in [5.41, 5.74) is 1.45. The molecule has 0 amide bonds. The minimum Gasteiger partial charge on any atom is -0.327 e. The van der Waals surface area contributed by atoms with Crippen LogP contribution < -0.4 is 4.90 Å². The molecule has 4 nitrogen and oxygen atoms in total. The van der Waals surface area contributed by atoms with Gasteiger partial charge in [-0.2, -0.15) is 5.26 Å². The van der Waals surface area contributed by atoms with Gasteiger partial charge in [0.2, 0.25) is 0 Å². The first-order chi connectivity index (χ1) is 7.83. The Hall–Kier alpha value is -2.41. The third kappa shape index (κ3) is 1.84. The summed E-state index contributed by atoms with van der Waals surface area (Å²) in [6.07, 6.45) is 5.11. The molecular formula is C12H10N4. The van der Waals surface area contributed by atoms with Crippen LogP contribution in [0.15, 0.2) is 42.9 Å². The number of nitrogens with zero attached hydrogens (tertiary/aromatic N) is 4. The van der Waals surface area contributed by atoms with Crippen molar-refractivity contribution in [2.75, 3.05) is 11.9 Å². The Bertz CT molecular complexity index is 516. The Balaban J connectivity index is 2.42. The Kier molecular flexibility index (Phi) is 2.79. The maximum absolute atomic E-state index is 8.98. The molecule has 2 aromatic rings. The van der Waals surface area contributed by atoms with Crippen molar-refractivity contribution in [3.05, 3.63) is 48.4 Å². The maximum atomic E-state index is 8.98. The highest BCUT2D eigenvalue weighted by Crippen LogP contribution is 2.22. The minimum atomic E-state index is 0.550. The molecule has 0 aliphatic carbocycles. The quantitative estimate of drug-likeness (QED) is 0.761. The van der Waals surface area contributed by atoms with Crippen LogP contribution >= 0.6 is 0 Å². The smallest absolute Gasteiger partial charge is 0.150 e. The number of nitriles is 1. The third-order valence-corrected chi connectivity index (χ3v) is 2.26. The molecule has 0 spiro atoms. The summed E-state index contributed by atoms with van der Waals surface area (Å²) in [7, 11) is 1.86. The molecule has 2 rings (SSSR count). The monoisotopic (exact) mass is 210 g/mol. The average molecular weight is 210 g/mol. The maximum Gasteiger partial charge on any atom is 0.150 e.